The quantitative estimate of drug-likeness (QED) is 0.427. The summed E-state index contributed by atoms with van der Waals surface area (Å²) in [6.45, 7) is -0.211. The third-order valence-corrected chi connectivity index (χ3v) is 8.17. The fourth-order valence-electron chi connectivity index (χ4n) is 4.14. The number of sulfonamides is 1. The van der Waals surface area contributed by atoms with Crippen molar-refractivity contribution < 1.29 is 17.6 Å². The maximum absolute atomic E-state index is 13.1. The van der Waals surface area contributed by atoms with Crippen LogP contribution in [0.4, 0.5) is 4.39 Å². The van der Waals surface area contributed by atoms with Crippen molar-refractivity contribution in [3.8, 4) is 11.3 Å². The third kappa shape index (κ3) is 4.52. The largest absolute Gasteiger partial charge is 0.345 e. The van der Waals surface area contributed by atoms with Gasteiger partial charge in [0, 0.05) is 59.3 Å². The SMILES string of the molecule is O=C(c1ccc(-c2ccc(=O)n(CF)n2)cc1)N1CCN(S(=O)(=O)c2cc3cc(Cl)ccc3[nH]2)CC1. The van der Waals surface area contributed by atoms with Crippen LogP contribution in [0.3, 0.4) is 0 Å². The molecule has 2 aromatic heterocycles. The number of fused-ring (bicyclic) bond motifs is 1. The smallest absolute Gasteiger partial charge is 0.269 e. The molecular formula is C24H21ClFN5O4S. The number of carbonyl (C=O) groups excluding carboxylic acids is 1. The lowest BCUT2D eigenvalue weighted by Crippen LogP contribution is -2.50. The molecule has 1 amide bonds. The van der Waals surface area contributed by atoms with Gasteiger partial charge in [-0.1, -0.05) is 23.7 Å². The van der Waals surface area contributed by atoms with Gasteiger partial charge in [0.15, 0.2) is 6.80 Å². The Labute approximate surface area is 210 Å². The lowest BCUT2D eigenvalue weighted by molar-refractivity contribution is 0.0698. The number of nitrogens with one attached hydrogen (secondary N) is 1. The second kappa shape index (κ2) is 9.49. The summed E-state index contributed by atoms with van der Waals surface area (Å²) in [5.74, 6) is -0.222. The zero-order valence-corrected chi connectivity index (χ0v) is 20.5. The number of nitrogens with zero attached hydrogens (tertiary/aromatic N) is 4. The highest BCUT2D eigenvalue weighted by Crippen LogP contribution is 2.25. The number of hydrogen-bond acceptors (Lipinski definition) is 5. The summed E-state index contributed by atoms with van der Waals surface area (Å²) in [6.07, 6.45) is 0. The minimum Gasteiger partial charge on any atom is -0.345 e. The van der Waals surface area contributed by atoms with Crippen LogP contribution >= 0.6 is 11.6 Å². The van der Waals surface area contributed by atoms with Crippen molar-refractivity contribution >= 4 is 38.4 Å². The van der Waals surface area contributed by atoms with E-state index in [0.29, 0.717) is 37.4 Å². The zero-order valence-electron chi connectivity index (χ0n) is 18.9. The average Bonchev–Trinajstić information content (AvgIpc) is 3.33. The van der Waals surface area contributed by atoms with Crippen molar-refractivity contribution in [2.24, 2.45) is 0 Å². The molecule has 12 heteroatoms. The van der Waals surface area contributed by atoms with E-state index in [2.05, 4.69) is 10.1 Å². The highest BCUT2D eigenvalue weighted by Gasteiger charge is 2.31. The third-order valence-electron chi connectivity index (χ3n) is 6.11. The van der Waals surface area contributed by atoms with Crippen LogP contribution in [-0.4, -0.2) is 64.5 Å². The van der Waals surface area contributed by atoms with Gasteiger partial charge in [-0.2, -0.15) is 14.1 Å². The molecule has 9 nitrogen and oxygen atoms in total. The van der Waals surface area contributed by atoms with Gasteiger partial charge in [-0.25, -0.2) is 12.8 Å². The molecule has 0 atom stereocenters. The van der Waals surface area contributed by atoms with Crippen molar-refractivity contribution in [2.45, 2.75) is 11.8 Å². The van der Waals surface area contributed by atoms with Crippen LogP contribution in [0.15, 0.2) is 70.5 Å². The second-order valence-corrected chi connectivity index (χ2v) is 10.7. The zero-order chi connectivity index (χ0) is 25.4. The van der Waals surface area contributed by atoms with E-state index in [0.717, 1.165) is 0 Å². The molecular weight excluding hydrogens is 509 g/mol. The van der Waals surface area contributed by atoms with Crippen molar-refractivity contribution in [1.82, 2.24) is 24.0 Å². The lowest BCUT2D eigenvalue weighted by Gasteiger charge is -2.33. The number of benzene rings is 2. The highest BCUT2D eigenvalue weighted by atomic mass is 35.5. The number of alkyl halides is 1. The predicted molar refractivity (Wildman–Crippen MR) is 133 cm³/mol. The second-order valence-electron chi connectivity index (χ2n) is 8.31. The number of H-pyrrole nitrogens is 1. The molecule has 0 bridgehead atoms. The minimum absolute atomic E-state index is 0.0860. The number of halogens is 2. The van der Waals surface area contributed by atoms with Gasteiger partial charge in [0.05, 0.1) is 5.69 Å². The number of hydrogen-bond donors (Lipinski definition) is 1. The predicted octanol–water partition coefficient (Wildman–Crippen LogP) is 3.12. The minimum atomic E-state index is -3.76. The highest BCUT2D eigenvalue weighted by molar-refractivity contribution is 7.89. The Balaban J connectivity index is 1.26. The Hall–Kier alpha value is -3.54. The molecule has 0 unspecified atom stereocenters. The molecule has 0 aliphatic carbocycles. The van der Waals surface area contributed by atoms with E-state index in [9.17, 15) is 22.4 Å². The molecule has 1 aliphatic heterocycles. The molecule has 2 aromatic carbocycles. The van der Waals surface area contributed by atoms with Gasteiger partial charge in [0.2, 0.25) is 0 Å². The molecule has 5 rings (SSSR count). The Morgan fingerprint density at radius 1 is 1.00 bits per heavy atom. The van der Waals surface area contributed by atoms with Gasteiger partial charge in [-0.05, 0) is 42.5 Å². The van der Waals surface area contributed by atoms with Gasteiger partial charge in [-0.15, -0.1) is 0 Å². The number of carbonyl (C=O) groups is 1. The van der Waals surface area contributed by atoms with Gasteiger partial charge < -0.3 is 9.88 Å². The van der Waals surface area contributed by atoms with E-state index < -0.39 is 22.4 Å². The molecule has 4 aromatic rings. The molecule has 1 fully saturated rings. The van der Waals surface area contributed by atoms with E-state index >= 15 is 0 Å². The first-order valence-corrected chi connectivity index (χ1v) is 12.9. The fraction of sp³-hybridized carbons (Fsp3) is 0.208. The molecule has 186 valence electrons. The van der Waals surface area contributed by atoms with Gasteiger partial charge in [-0.3, -0.25) is 9.59 Å². The Morgan fingerprint density at radius 2 is 1.72 bits per heavy atom. The lowest BCUT2D eigenvalue weighted by atomic mass is 10.1. The molecule has 0 saturated carbocycles. The molecule has 3 heterocycles. The van der Waals surface area contributed by atoms with E-state index in [1.165, 1.54) is 16.4 Å². The number of amides is 1. The molecule has 1 saturated heterocycles. The Kier molecular flexibility index (Phi) is 6.37. The monoisotopic (exact) mass is 529 g/mol. The van der Waals surface area contributed by atoms with Crippen LogP contribution in [0, 0.1) is 0 Å². The van der Waals surface area contributed by atoms with Crippen molar-refractivity contribution in [1.29, 1.82) is 0 Å². The fourth-order valence-corrected chi connectivity index (χ4v) is 5.76. The van der Waals surface area contributed by atoms with E-state index in [1.54, 1.807) is 53.4 Å². The van der Waals surface area contributed by atoms with E-state index in [-0.39, 0.29) is 37.1 Å². The molecule has 36 heavy (non-hydrogen) atoms. The van der Waals surface area contributed by atoms with Crippen LogP contribution in [-0.2, 0) is 16.8 Å². The van der Waals surface area contributed by atoms with Crippen LogP contribution in [0.5, 0.6) is 0 Å². The summed E-state index contributed by atoms with van der Waals surface area (Å²) in [5, 5.41) is 5.27. The normalized spacial score (nSPS) is 14.9. The summed E-state index contributed by atoms with van der Waals surface area (Å²) in [5.41, 5.74) is 1.60. The maximum Gasteiger partial charge on any atom is 0.269 e. The maximum atomic E-state index is 13.1. The first kappa shape index (κ1) is 24.2. The average molecular weight is 530 g/mol. The number of rotatable bonds is 5. The number of aromatic amines is 1. The number of piperazine rings is 1. The first-order chi connectivity index (χ1) is 17.3. The summed E-state index contributed by atoms with van der Waals surface area (Å²) in [6, 6.07) is 16.0. The molecule has 1 N–H and O–H groups in total. The van der Waals surface area contributed by atoms with Crippen LogP contribution in [0.25, 0.3) is 22.2 Å². The topological polar surface area (TPSA) is 108 Å². The standard InChI is InChI=1S/C24H21ClFN5O4S/c25-19-5-6-20-18(13-19)14-22(27-20)36(34,35)30-11-9-29(10-12-30)24(33)17-3-1-16(2-4-17)21-7-8-23(32)31(15-26)28-21/h1-8,13-14,27H,9-12,15H2. The summed E-state index contributed by atoms with van der Waals surface area (Å²) in [7, 11) is -3.76. The van der Waals surface area contributed by atoms with Crippen molar-refractivity contribution in [3.05, 3.63) is 81.6 Å². The van der Waals surface area contributed by atoms with Crippen molar-refractivity contribution in [3.63, 3.8) is 0 Å². The van der Waals surface area contributed by atoms with Crippen LogP contribution in [0.1, 0.15) is 10.4 Å². The van der Waals surface area contributed by atoms with Gasteiger partial charge in [0.1, 0.15) is 5.03 Å². The van der Waals surface area contributed by atoms with Gasteiger partial charge in [0.25, 0.3) is 21.5 Å². The summed E-state index contributed by atoms with van der Waals surface area (Å²) < 4.78 is 41.3. The Bertz CT molecular complexity index is 1610. The summed E-state index contributed by atoms with van der Waals surface area (Å²) >= 11 is 6.00. The molecule has 0 spiro atoms. The van der Waals surface area contributed by atoms with Gasteiger partial charge >= 0.3 is 0 Å². The first-order valence-electron chi connectivity index (χ1n) is 11.1. The van der Waals surface area contributed by atoms with Crippen LogP contribution < -0.4 is 5.56 Å². The van der Waals surface area contributed by atoms with E-state index in [4.69, 9.17) is 11.6 Å². The van der Waals surface area contributed by atoms with Crippen molar-refractivity contribution in [2.75, 3.05) is 26.2 Å². The number of aromatic nitrogens is 3. The molecule has 1 aliphatic rings. The summed E-state index contributed by atoms with van der Waals surface area (Å²) in [4.78, 5) is 29.1. The van der Waals surface area contributed by atoms with Crippen LogP contribution in [0.2, 0.25) is 5.02 Å². The molecule has 0 radical (unpaired) electrons. The van der Waals surface area contributed by atoms with E-state index in [1.807, 2.05) is 0 Å². The Morgan fingerprint density at radius 3 is 2.42 bits per heavy atom.